The molecule has 0 unspecified atom stereocenters. The molecule has 146 valence electrons. The Morgan fingerprint density at radius 2 is 2.21 bits per heavy atom. The zero-order valence-corrected chi connectivity index (χ0v) is 15.9. The maximum absolute atomic E-state index is 12.4. The summed E-state index contributed by atoms with van der Waals surface area (Å²) in [5.41, 5.74) is -0.115. The first-order chi connectivity index (χ1) is 13.2. The Morgan fingerprint density at radius 1 is 1.50 bits per heavy atom. The van der Waals surface area contributed by atoms with E-state index in [9.17, 15) is 24.8 Å². The van der Waals surface area contributed by atoms with Crippen LogP contribution in [0.3, 0.4) is 0 Å². The SMILES string of the molecule is CCC(=O)N1N=C(c2c(O)n(C)c(=S)[nH]c2=O)C[C@H]1c1cccc([N+](=O)[O-])c1. The van der Waals surface area contributed by atoms with Gasteiger partial charge in [-0.15, -0.1) is 0 Å². The lowest BCUT2D eigenvalue weighted by Crippen LogP contribution is -2.26. The molecule has 11 heteroatoms. The molecule has 2 aromatic rings. The second-order valence-electron chi connectivity index (χ2n) is 6.23. The minimum absolute atomic E-state index is 0.0431. The summed E-state index contributed by atoms with van der Waals surface area (Å²) in [6, 6.07) is 5.27. The number of H-pyrrole nitrogens is 1. The fraction of sp³-hybridized carbons (Fsp3) is 0.294. The van der Waals surface area contributed by atoms with Crippen LogP contribution in [0.4, 0.5) is 5.69 Å². The number of nitro benzene ring substituents is 1. The molecule has 0 bridgehead atoms. The fourth-order valence-corrected chi connectivity index (χ4v) is 3.21. The van der Waals surface area contributed by atoms with E-state index in [1.807, 2.05) is 0 Å². The standard InChI is InChI=1S/C17H17N5O5S/c1-3-13(23)21-12(9-5-4-6-10(7-9)22(26)27)8-11(19-21)14-15(24)18-17(28)20(2)16(14)25/h4-7,12,25H,3,8H2,1-2H3,(H,18,24,28)/t12-/m0/s1. The van der Waals surface area contributed by atoms with Gasteiger partial charge in [0.2, 0.25) is 11.8 Å². The summed E-state index contributed by atoms with van der Waals surface area (Å²) in [6.07, 6.45) is 0.268. The Hall–Kier alpha value is -3.34. The van der Waals surface area contributed by atoms with Crippen LogP contribution in [0.25, 0.3) is 0 Å². The van der Waals surface area contributed by atoms with Crippen molar-refractivity contribution in [3.8, 4) is 5.88 Å². The molecule has 0 saturated carbocycles. The third-order valence-corrected chi connectivity index (χ3v) is 4.89. The summed E-state index contributed by atoms with van der Waals surface area (Å²) >= 11 is 4.96. The summed E-state index contributed by atoms with van der Waals surface area (Å²) in [5, 5.41) is 26.9. The quantitative estimate of drug-likeness (QED) is 0.456. The number of nitrogens with one attached hydrogen (secondary N) is 1. The number of carbonyl (C=O) groups is 1. The van der Waals surface area contributed by atoms with Crippen molar-refractivity contribution in [2.45, 2.75) is 25.8 Å². The van der Waals surface area contributed by atoms with Crippen LogP contribution < -0.4 is 5.56 Å². The number of amides is 1. The van der Waals surface area contributed by atoms with Crippen LogP contribution in [0.2, 0.25) is 0 Å². The van der Waals surface area contributed by atoms with Gasteiger partial charge in [-0.25, -0.2) is 5.01 Å². The number of nitrogens with zero attached hydrogens (tertiary/aromatic N) is 4. The fourth-order valence-electron chi connectivity index (χ4n) is 3.03. The molecule has 2 N–H and O–H groups in total. The van der Waals surface area contributed by atoms with Gasteiger partial charge in [-0.2, -0.15) is 5.10 Å². The average Bonchev–Trinajstić information content (AvgIpc) is 3.10. The second-order valence-corrected chi connectivity index (χ2v) is 6.61. The normalized spacial score (nSPS) is 16.1. The van der Waals surface area contributed by atoms with E-state index in [1.165, 1.54) is 34.8 Å². The molecule has 1 aliphatic heterocycles. The van der Waals surface area contributed by atoms with Gasteiger partial charge in [-0.05, 0) is 17.8 Å². The molecule has 28 heavy (non-hydrogen) atoms. The molecular weight excluding hydrogens is 386 g/mol. The van der Waals surface area contributed by atoms with Crippen molar-refractivity contribution >= 4 is 29.5 Å². The number of aromatic hydroxyl groups is 1. The zero-order valence-electron chi connectivity index (χ0n) is 15.1. The van der Waals surface area contributed by atoms with Crippen molar-refractivity contribution in [3.63, 3.8) is 0 Å². The van der Waals surface area contributed by atoms with Crippen molar-refractivity contribution in [2.24, 2.45) is 12.1 Å². The number of nitro groups is 1. The summed E-state index contributed by atoms with van der Waals surface area (Å²) in [5.74, 6) is -0.678. The molecule has 0 saturated heterocycles. The molecule has 1 aliphatic rings. The monoisotopic (exact) mass is 403 g/mol. The number of hydrazone groups is 1. The summed E-state index contributed by atoms with van der Waals surface area (Å²) in [6.45, 7) is 1.66. The van der Waals surface area contributed by atoms with Gasteiger partial charge in [0.25, 0.3) is 11.2 Å². The van der Waals surface area contributed by atoms with E-state index in [0.29, 0.717) is 5.56 Å². The van der Waals surface area contributed by atoms with Crippen LogP contribution in [-0.4, -0.2) is 36.2 Å². The van der Waals surface area contributed by atoms with Gasteiger partial charge in [-0.1, -0.05) is 19.1 Å². The predicted octanol–water partition coefficient (Wildman–Crippen LogP) is 2.14. The topological polar surface area (TPSA) is 134 Å². The Bertz CT molecular complexity index is 1120. The minimum atomic E-state index is -0.630. The molecule has 1 aromatic heterocycles. The van der Waals surface area contributed by atoms with Gasteiger partial charge in [-0.3, -0.25) is 29.3 Å². The van der Waals surface area contributed by atoms with E-state index in [4.69, 9.17) is 12.2 Å². The molecule has 0 spiro atoms. The zero-order chi connectivity index (χ0) is 20.6. The van der Waals surface area contributed by atoms with Crippen molar-refractivity contribution in [1.82, 2.24) is 14.6 Å². The van der Waals surface area contributed by atoms with Crippen molar-refractivity contribution in [2.75, 3.05) is 0 Å². The number of aromatic amines is 1. The maximum Gasteiger partial charge on any atom is 0.269 e. The number of hydrogen-bond donors (Lipinski definition) is 2. The van der Waals surface area contributed by atoms with Gasteiger partial charge in [0.1, 0.15) is 5.56 Å². The van der Waals surface area contributed by atoms with E-state index in [0.717, 1.165) is 0 Å². The van der Waals surface area contributed by atoms with Crippen LogP contribution >= 0.6 is 12.2 Å². The molecule has 1 aromatic carbocycles. The number of hydrogen-bond acceptors (Lipinski definition) is 7. The molecule has 3 rings (SSSR count). The molecule has 0 radical (unpaired) electrons. The first-order valence-electron chi connectivity index (χ1n) is 8.41. The van der Waals surface area contributed by atoms with E-state index in [-0.39, 0.29) is 46.4 Å². The number of rotatable bonds is 4. The molecule has 10 nitrogen and oxygen atoms in total. The molecule has 2 heterocycles. The molecule has 0 aliphatic carbocycles. The lowest BCUT2D eigenvalue weighted by molar-refractivity contribution is -0.384. The number of benzene rings is 1. The number of carbonyl (C=O) groups excluding carboxylic acids is 1. The van der Waals surface area contributed by atoms with Crippen LogP contribution in [0, 0.1) is 14.9 Å². The van der Waals surface area contributed by atoms with Gasteiger partial charge >= 0.3 is 0 Å². The van der Waals surface area contributed by atoms with Gasteiger partial charge in [0.05, 0.1) is 16.7 Å². The van der Waals surface area contributed by atoms with Gasteiger partial charge < -0.3 is 5.11 Å². The highest BCUT2D eigenvalue weighted by Crippen LogP contribution is 2.35. The molecule has 0 fully saturated rings. The average molecular weight is 403 g/mol. The van der Waals surface area contributed by atoms with E-state index < -0.39 is 16.5 Å². The van der Waals surface area contributed by atoms with E-state index in [2.05, 4.69) is 10.1 Å². The van der Waals surface area contributed by atoms with Crippen LogP contribution in [-0.2, 0) is 11.8 Å². The summed E-state index contributed by atoms with van der Waals surface area (Å²) < 4.78 is 1.27. The number of aromatic nitrogens is 2. The maximum atomic E-state index is 12.4. The molecular formula is C17H17N5O5S. The molecule has 1 amide bonds. The van der Waals surface area contributed by atoms with Crippen LogP contribution in [0.5, 0.6) is 5.88 Å². The Balaban J connectivity index is 2.11. The smallest absolute Gasteiger partial charge is 0.269 e. The van der Waals surface area contributed by atoms with Gasteiger partial charge in [0.15, 0.2) is 4.77 Å². The van der Waals surface area contributed by atoms with Crippen LogP contribution in [0.1, 0.15) is 36.9 Å². The minimum Gasteiger partial charge on any atom is -0.494 e. The summed E-state index contributed by atoms with van der Waals surface area (Å²) in [4.78, 5) is 37.8. The molecule has 1 atom stereocenters. The van der Waals surface area contributed by atoms with Crippen LogP contribution in [0.15, 0.2) is 34.2 Å². The highest BCUT2D eigenvalue weighted by molar-refractivity contribution is 7.71. The largest absolute Gasteiger partial charge is 0.494 e. The first kappa shape index (κ1) is 19.4. The van der Waals surface area contributed by atoms with E-state index >= 15 is 0 Å². The Labute approximate surface area is 163 Å². The predicted molar refractivity (Wildman–Crippen MR) is 103 cm³/mol. The first-order valence-corrected chi connectivity index (χ1v) is 8.82. The third kappa shape index (κ3) is 3.31. The Morgan fingerprint density at radius 3 is 2.86 bits per heavy atom. The Kier molecular flexibility index (Phi) is 5.10. The van der Waals surface area contributed by atoms with Gasteiger partial charge in [0, 0.05) is 32.0 Å². The highest BCUT2D eigenvalue weighted by atomic mass is 32.1. The van der Waals surface area contributed by atoms with E-state index in [1.54, 1.807) is 13.0 Å². The second kappa shape index (κ2) is 7.35. The van der Waals surface area contributed by atoms with Crippen molar-refractivity contribution in [1.29, 1.82) is 0 Å². The lowest BCUT2D eigenvalue weighted by Gasteiger charge is -2.21. The van der Waals surface area contributed by atoms with Crippen molar-refractivity contribution in [3.05, 3.63) is 60.6 Å². The highest BCUT2D eigenvalue weighted by Gasteiger charge is 2.35. The third-order valence-electron chi connectivity index (χ3n) is 4.52. The number of non-ortho nitro benzene ring substituents is 1. The van der Waals surface area contributed by atoms with Crippen molar-refractivity contribution < 1.29 is 14.8 Å². The summed E-state index contributed by atoms with van der Waals surface area (Å²) in [7, 11) is 1.49. The lowest BCUT2D eigenvalue weighted by atomic mass is 9.98.